The highest BCUT2D eigenvalue weighted by Crippen LogP contribution is 2.39. The first-order valence-electron chi connectivity index (χ1n) is 9.19. The Hall–Kier alpha value is -2.24. The van der Waals surface area contributed by atoms with Crippen molar-refractivity contribution in [2.75, 3.05) is 5.75 Å². The van der Waals surface area contributed by atoms with E-state index in [2.05, 4.69) is 16.0 Å². The molecule has 2 heterocycles. The third-order valence-electron chi connectivity index (χ3n) is 5.13. The first-order valence-corrected chi connectivity index (χ1v) is 11.0. The van der Waals surface area contributed by atoms with Crippen molar-refractivity contribution in [3.63, 3.8) is 0 Å². The molecule has 1 aliphatic rings. The highest BCUT2D eigenvalue weighted by molar-refractivity contribution is 8.00. The maximum atomic E-state index is 12.8. The fourth-order valence-electron chi connectivity index (χ4n) is 3.75. The Kier molecular flexibility index (Phi) is 4.42. The predicted molar refractivity (Wildman–Crippen MR) is 113 cm³/mol. The van der Waals surface area contributed by atoms with E-state index in [1.54, 1.807) is 29.4 Å². The summed E-state index contributed by atoms with van der Waals surface area (Å²) in [6, 6.07) is 14.1. The van der Waals surface area contributed by atoms with Crippen LogP contribution in [0.1, 0.15) is 33.6 Å². The van der Waals surface area contributed by atoms with E-state index in [0.717, 1.165) is 39.0 Å². The monoisotopic (exact) mass is 390 g/mol. The van der Waals surface area contributed by atoms with Crippen LogP contribution in [0.25, 0.3) is 21.0 Å². The van der Waals surface area contributed by atoms with E-state index in [1.165, 1.54) is 28.7 Å². The number of ketones is 1. The van der Waals surface area contributed by atoms with Gasteiger partial charge >= 0.3 is 0 Å². The van der Waals surface area contributed by atoms with E-state index < -0.39 is 0 Å². The van der Waals surface area contributed by atoms with Gasteiger partial charge in [-0.2, -0.15) is 0 Å². The number of carbonyl (C=O) groups excluding carboxylic acids is 1. The quantitative estimate of drug-likeness (QED) is 0.255. The number of benzene rings is 2. The molecule has 5 heteroatoms. The normalized spacial score (nSPS) is 13.8. The second kappa shape index (κ2) is 7.06. The fraction of sp³-hybridized carbons (Fsp3) is 0.227. The number of nitrogens with zero attached hydrogens (tertiary/aromatic N) is 2. The molecule has 0 aliphatic heterocycles. The molecule has 0 atom stereocenters. The van der Waals surface area contributed by atoms with Crippen LogP contribution >= 0.6 is 23.1 Å². The SMILES string of the molecule is O=C(CSc1ncnc2sc3c(c12)CCCC3)c1ccc2ccccc2c1. The molecular weight excluding hydrogens is 372 g/mol. The topological polar surface area (TPSA) is 42.9 Å². The van der Waals surface area contributed by atoms with Crippen LogP contribution < -0.4 is 0 Å². The van der Waals surface area contributed by atoms with Crippen LogP contribution in [0.15, 0.2) is 53.8 Å². The molecule has 5 rings (SSSR count). The number of aromatic nitrogens is 2. The molecule has 4 aromatic rings. The minimum atomic E-state index is 0.140. The summed E-state index contributed by atoms with van der Waals surface area (Å²) in [6.45, 7) is 0. The van der Waals surface area contributed by atoms with Crippen molar-refractivity contribution in [1.29, 1.82) is 0 Å². The van der Waals surface area contributed by atoms with Gasteiger partial charge in [0.25, 0.3) is 0 Å². The predicted octanol–water partition coefficient (Wildman–Crippen LogP) is 5.70. The van der Waals surface area contributed by atoms with Gasteiger partial charge in [0, 0.05) is 15.8 Å². The zero-order chi connectivity index (χ0) is 18.2. The molecule has 0 saturated carbocycles. The smallest absolute Gasteiger partial charge is 0.173 e. The number of thioether (sulfide) groups is 1. The van der Waals surface area contributed by atoms with E-state index in [0.29, 0.717) is 5.75 Å². The minimum Gasteiger partial charge on any atom is -0.293 e. The van der Waals surface area contributed by atoms with Crippen molar-refractivity contribution in [2.45, 2.75) is 30.7 Å². The summed E-state index contributed by atoms with van der Waals surface area (Å²) in [4.78, 5) is 24.3. The average molecular weight is 391 g/mol. The van der Waals surface area contributed by atoms with Gasteiger partial charge in [0.1, 0.15) is 16.2 Å². The maximum absolute atomic E-state index is 12.8. The van der Waals surface area contributed by atoms with Gasteiger partial charge in [0.05, 0.1) is 5.75 Å². The highest BCUT2D eigenvalue weighted by Gasteiger charge is 2.20. The van der Waals surface area contributed by atoms with Crippen molar-refractivity contribution in [3.8, 4) is 0 Å². The van der Waals surface area contributed by atoms with Gasteiger partial charge in [0.15, 0.2) is 5.78 Å². The molecule has 1 aliphatic carbocycles. The lowest BCUT2D eigenvalue weighted by Crippen LogP contribution is -2.03. The molecule has 0 amide bonds. The van der Waals surface area contributed by atoms with Crippen LogP contribution in [0.2, 0.25) is 0 Å². The summed E-state index contributed by atoms with van der Waals surface area (Å²) in [5.74, 6) is 0.538. The largest absolute Gasteiger partial charge is 0.293 e. The molecule has 0 spiro atoms. The van der Waals surface area contributed by atoms with Crippen molar-refractivity contribution in [2.24, 2.45) is 0 Å². The van der Waals surface area contributed by atoms with Gasteiger partial charge in [-0.15, -0.1) is 11.3 Å². The Balaban J connectivity index is 1.42. The minimum absolute atomic E-state index is 0.140. The summed E-state index contributed by atoms with van der Waals surface area (Å²) in [5.41, 5.74) is 2.18. The van der Waals surface area contributed by atoms with E-state index in [9.17, 15) is 4.79 Å². The molecule has 0 saturated heterocycles. The standard InChI is InChI=1S/C22H18N2OS2/c25-18(16-10-9-14-5-1-2-6-15(14)11-16)12-26-21-20-17-7-3-4-8-19(17)27-22(20)24-13-23-21/h1-2,5-6,9-11,13H,3-4,7-8,12H2. The summed E-state index contributed by atoms with van der Waals surface area (Å²) >= 11 is 3.34. The second-order valence-electron chi connectivity index (χ2n) is 6.84. The lowest BCUT2D eigenvalue weighted by Gasteiger charge is -2.11. The van der Waals surface area contributed by atoms with Gasteiger partial charge in [-0.3, -0.25) is 4.79 Å². The van der Waals surface area contributed by atoms with E-state index in [-0.39, 0.29) is 5.78 Å². The summed E-state index contributed by atoms with van der Waals surface area (Å²) in [5, 5.41) is 4.40. The van der Waals surface area contributed by atoms with Gasteiger partial charge in [-0.25, -0.2) is 9.97 Å². The van der Waals surface area contributed by atoms with Crippen molar-refractivity contribution < 1.29 is 4.79 Å². The zero-order valence-corrected chi connectivity index (χ0v) is 16.4. The third-order valence-corrected chi connectivity index (χ3v) is 7.32. The summed E-state index contributed by atoms with van der Waals surface area (Å²) < 4.78 is 0. The second-order valence-corrected chi connectivity index (χ2v) is 8.89. The van der Waals surface area contributed by atoms with Crippen molar-refractivity contribution >= 4 is 49.9 Å². The van der Waals surface area contributed by atoms with Crippen LogP contribution in [0.3, 0.4) is 0 Å². The molecule has 3 nitrogen and oxygen atoms in total. The molecule has 2 aromatic carbocycles. The average Bonchev–Trinajstić information content (AvgIpc) is 3.11. The fourth-order valence-corrected chi connectivity index (χ4v) is 5.96. The van der Waals surface area contributed by atoms with E-state index in [4.69, 9.17) is 0 Å². The molecule has 0 radical (unpaired) electrons. The molecule has 0 fully saturated rings. The van der Waals surface area contributed by atoms with E-state index in [1.807, 2.05) is 36.4 Å². The van der Waals surface area contributed by atoms with Gasteiger partial charge in [-0.05, 0) is 48.1 Å². The van der Waals surface area contributed by atoms with E-state index >= 15 is 0 Å². The van der Waals surface area contributed by atoms with Crippen LogP contribution in [-0.2, 0) is 12.8 Å². The van der Waals surface area contributed by atoms with Crippen molar-refractivity contribution in [1.82, 2.24) is 9.97 Å². The molecular formula is C22H18N2OS2. The zero-order valence-electron chi connectivity index (χ0n) is 14.8. The number of hydrogen-bond acceptors (Lipinski definition) is 5. The van der Waals surface area contributed by atoms with Gasteiger partial charge in [0.2, 0.25) is 0 Å². The summed E-state index contributed by atoms with van der Waals surface area (Å²) in [7, 11) is 0. The Morgan fingerprint density at radius 1 is 1.04 bits per heavy atom. The van der Waals surface area contributed by atoms with Crippen LogP contribution in [0.4, 0.5) is 0 Å². The first kappa shape index (κ1) is 16.9. The molecule has 0 N–H and O–H groups in total. The Bertz CT molecular complexity index is 1170. The maximum Gasteiger partial charge on any atom is 0.173 e. The molecule has 2 aromatic heterocycles. The highest BCUT2D eigenvalue weighted by atomic mass is 32.2. The number of fused-ring (bicyclic) bond motifs is 4. The first-order chi connectivity index (χ1) is 13.3. The van der Waals surface area contributed by atoms with Gasteiger partial charge in [-0.1, -0.05) is 48.2 Å². The van der Waals surface area contributed by atoms with Crippen LogP contribution in [-0.4, -0.2) is 21.5 Å². The number of rotatable bonds is 4. The van der Waals surface area contributed by atoms with Gasteiger partial charge < -0.3 is 0 Å². The number of carbonyl (C=O) groups is 1. The molecule has 134 valence electrons. The Morgan fingerprint density at radius 3 is 2.81 bits per heavy atom. The lowest BCUT2D eigenvalue weighted by molar-refractivity contribution is 0.102. The number of hydrogen-bond donors (Lipinski definition) is 0. The van der Waals surface area contributed by atoms with Crippen LogP contribution in [0, 0.1) is 0 Å². The number of thiophene rings is 1. The molecule has 0 unspecified atom stereocenters. The molecule has 27 heavy (non-hydrogen) atoms. The third kappa shape index (κ3) is 3.15. The summed E-state index contributed by atoms with van der Waals surface area (Å²) in [6.07, 6.45) is 6.38. The van der Waals surface area contributed by atoms with Crippen molar-refractivity contribution in [3.05, 3.63) is 64.8 Å². The lowest BCUT2D eigenvalue weighted by atomic mass is 9.97. The number of Topliss-reactive ketones (excluding diaryl/α,β-unsaturated/α-hetero) is 1. The van der Waals surface area contributed by atoms with Crippen LogP contribution in [0.5, 0.6) is 0 Å². The Labute approximate surface area is 165 Å². The molecule has 0 bridgehead atoms. The Morgan fingerprint density at radius 2 is 1.89 bits per heavy atom. The number of aryl methyl sites for hydroxylation is 2.